The first kappa shape index (κ1) is 27.3. The van der Waals surface area contributed by atoms with Crippen LogP contribution in [0.2, 0.25) is 0 Å². The lowest BCUT2D eigenvalue weighted by molar-refractivity contribution is -0.135. The van der Waals surface area contributed by atoms with Gasteiger partial charge in [0.05, 0.1) is 10.1 Å². The number of rotatable bonds is 7. The molecule has 4 rings (SSSR count). The van der Waals surface area contributed by atoms with Crippen LogP contribution in [-0.2, 0) is 25.1 Å². The van der Waals surface area contributed by atoms with E-state index in [9.17, 15) is 27.4 Å². The number of urea groups is 1. The van der Waals surface area contributed by atoms with Gasteiger partial charge in [-0.15, -0.1) is 0 Å². The van der Waals surface area contributed by atoms with Crippen molar-refractivity contribution in [2.24, 2.45) is 0 Å². The molecule has 0 spiro atoms. The minimum Gasteiger partial charge on any atom is -0.748 e. The van der Waals surface area contributed by atoms with Gasteiger partial charge in [-0.05, 0) is 47.9 Å². The van der Waals surface area contributed by atoms with Crippen molar-refractivity contribution in [2.75, 3.05) is 30.8 Å². The number of fused-ring (bicyclic) bond motifs is 3. The maximum Gasteiger partial charge on any atom is 0.333 e. The molecule has 2 aromatic carbocycles. The fraction of sp³-hybridized carbons (Fsp3) is 0.321. The SMILES string of the molecule is CCN1C(=O)C(=CC=CC=C2N(CCCS(=O)(=O)[O-])c3ccc4ccccc4c3C2(C)C)C(=O)N(C)C1=O. The third kappa shape index (κ3) is 4.89. The molecule has 0 N–H and O–H groups in total. The second-order valence-electron chi connectivity index (χ2n) is 9.79. The number of benzene rings is 2. The first-order valence-corrected chi connectivity index (χ1v) is 13.9. The number of carbonyl (C=O) groups excluding carboxylic acids is 3. The Labute approximate surface area is 222 Å². The van der Waals surface area contributed by atoms with Crippen LogP contribution in [0.25, 0.3) is 10.8 Å². The molecule has 0 radical (unpaired) electrons. The molecule has 1 fully saturated rings. The van der Waals surface area contributed by atoms with Crippen LogP contribution in [0.3, 0.4) is 0 Å². The summed E-state index contributed by atoms with van der Waals surface area (Å²) in [4.78, 5) is 41.3. The first-order chi connectivity index (χ1) is 17.9. The first-order valence-electron chi connectivity index (χ1n) is 12.3. The zero-order valence-corrected chi connectivity index (χ0v) is 22.6. The van der Waals surface area contributed by atoms with E-state index in [4.69, 9.17) is 0 Å². The van der Waals surface area contributed by atoms with Gasteiger partial charge >= 0.3 is 6.03 Å². The Morgan fingerprint density at radius 2 is 1.63 bits per heavy atom. The molecule has 0 unspecified atom stereocenters. The van der Waals surface area contributed by atoms with Crippen LogP contribution in [0.4, 0.5) is 10.5 Å². The van der Waals surface area contributed by atoms with E-state index in [1.165, 1.54) is 13.1 Å². The maximum absolute atomic E-state index is 12.7. The number of amides is 4. The van der Waals surface area contributed by atoms with E-state index in [2.05, 4.69) is 19.9 Å². The zero-order chi connectivity index (χ0) is 27.8. The molecule has 0 aromatic heterocycles. The van der Waals surface area contributed by atoms with Gasteiger partial charge in [-0.25, -0.2) is 13.2 Å². The van der Waals surface area contributed by atoms with Crippen molar-refractivity contribution in [3.63, 3.8) is 0 Å². The molecule has 0 atom stereocenters. The van der Waals surface area contributed by atoms with Gasteiger partial charge in [-0.2, -0.15) is 0 Å². The number of hydrogen-bond donors (Lipinski definition) is 0. The van der Waals surface area contributed by atoms with Crippen molar-refractivity contribution in [2.45, 2.75) is 32.6 Å². The molecule has 0 bridgehead atoms. The molecule has 2 aliphatic rings. The van der Waals surface area contributed by atoms with E-state index < -0.39 is 39.1 Å². The van der Waals surface area contributed by atoms with Crippen LogP contribution < -0.4 is 4.90 Å². The largest absolute Gasteiger partial charge is 0.748 e. The minimum atomic E-state index is -4.35. The van der Waals surface area contributed by atoms with E-state index in [1.807, 2.05) is 41.3 Å². The Hall–Kier alpha value is -3.76. The van der Waals surface area contributed by atoms with Crippen LogP contribution in [0.5, 0.6) is 0 Å². The number of hydrogen-bond acceptors (Lipinski definition) is 7. The molecule has 2 aliphatic heterocycles. The summed E-state index contributed by atoms with van der Waals surface area (Å²) < 4.78 is 33.7. The molecule has 9 nitrogen and oxygen atoms in total. The van der Waals surface area contributed by atoms with Crippen LogP contribution in [0.1, 0.15) is 32.8 Å². The van der Waals surface area contributed by atoms with Crippen LogP contribution in [0.15, 0.2) is 72.0 Å². The molecular formula is C28H30N3O6S-. The molecule has 2 heterocycles. The highest BCUT2D eigenvalue weighted by Crippen LogP contribution is 2.50. The Morgan fingerprint density at radius 3 is 2.32 bits per heavy atom. The second kappa shape index (κ2) is 10.2. The average molecular weight is 537 g/mol. The zero-order valence-electron chi connectivity index (χ0n) is 21.8. The molecule has 200 valence electrons. The smallest absolute Gasteiger partial charge is 0.333 e. The minimum absolute atomic E-state index is 0.110. The summed E-state index contributed by atoms with van der Waals surface area (Å²) in [5.41, 5.74) is 2.33. The van der Waals surface area contributed by atoms with Crippen molar-refractivity contribution in [1.82, 2.24) is 9.80 Å². The highest BCUT2D eigenvalue weighted by atomic mass is 32.2. The molecule has 0 aliphatic carbocycles. The van der Waals surface area contributed by atoms with E-state index in [0.717, 1.165) is 37.5 Å². The van der Waals surface area contributed by atoms with Crippen molar-refractivity contribution < 1.29 is 27.4 Å². The van der Waals surface area contributed by atoms with Gasteiger partial charge in [0, 0.05) is 42.7 Å². The highest BCUT2D eigenvalue weighted by Gasteiger charge is 2.41. The molecule has 2 aromatic rings. The van der Waals surface area contributed by atoms with Gasteiger partial charge in [-0.3, -0.25) is 19.4 Å². The quantitative estimate of drug-likeness (QED) is 0.301. The van der Waals surface area contributed by atoms with E-state index in [0.29, 0.717) is 6.54 Å². The lowest BCUT2D eigenvalue weighted by Crippen LogP contribution is -2.54. The van der Waals surface area contributed by atoms with Crippen molar-refractivity contribution in [1.29, 1.82) is 0 Å². The third-order valence-electron chi connectivity index (χ3n) is 7.00. The lowest BCUT2D eigenvalue weighted by atomic mass is 9.81. The van der Waals surface area contributed by atoms with Crippen LogP contribution in [0, 0.1) is 0 Å². The van der Waals surface area contributed by atoms with Crippen molar-refractivity contribution >= 4 is 44.4 Å². The predicted molar refractivity (Wildman–Crippen MR) is 144 cm³/mol. The van der Waals surface area contributed by atoms with Gasteiger partial charge in [0.1, 0.15) is 5.57 Å². The summed E-state index contributed by atoms with van der Waals surface area (Å²) in [6, 6.07) is 11.4. The monoisotopic (exact) mass is 536 g/mol. The van der Waals surface area contributed by atoms with Gasteiger partial charge < -0.3 is 9.45 Å². The second-order valence-corrected chi connectivity index (χ2v) is 11.3. The summed E-state index contributed by atoms with van der Waals surface area (Å²) in [6.45, 7) is 6.29. The standard InChI is InChI=1S/C28H31N3O6S/c1-5-30-26(33)21(25(32)29(4)27(30)34)13-8-9-14-23-28(2,3)24-20-12-7-6-11-19(20)15-16-22(24)31(23)17-10-18-38(35,36)37/h6-9,11-16H,5,10,17-18H2,1-4H3,(H,35,36,37)/p-1. The van der Waals surface area contributed by atoms with Gasteiger partial charge in [-0.1, -0.05) is 56.3 Å². The normalized spacial score (nSPS) is 20.0. The van der Waals surface area contributed by atoms with Gasteiger partial charge in [0.15, 0.2) is 0 Å². The van der Waals surface area contributed by atoms with Crippen molar-refractivity contribution in [3.8, 4) is 0 Å². The van der Waals surface area contributed by atoms with E-state index in [-0.39, 0.29) is 18.5 Å². The Balaban J connectivity index is 1.72. The Kier molecular flexibility index (Phi) is 7.31. The highest BCUT2D eigenvalue weighted by molar-refractivity contribution is 7.85. The van der Waals surface area contributed by atoms with Gasteiger partial charge in [0.25, 0.3) is 11.8 Å². The predicted octanol–water partition coefficient (Wildman–Crippen LogP) is 3.68. The average Bonchev–Trinajstić information content (AvgIpc) is 3.08. The molecule has 1 saturated heterocycles. The lowest BCUT2D eigenvalue weighted by Gasteiger charge is -2.30. The molecular weight excluding hydrogens is 506 g/mol. The molecule has 38 heavy (non-hydrogen) atoms. The van der Waals surface area contributed by atoms with Crippen molar-refractivity contribution in [3.05, 3.63) is 77.5 Å². The summed E-state index contributed by atoms with van der Waals surface area (Å²) in [7, 11) is -3.01. The number of carbonyl (C=O) groups is 3. The fourth-order valence-corrected chi connectivity index (χ4v) is 5.65. The van der Waals surface area contributed by atoms with Crippen LogP contribution >= 0.6 is 0 Å². The summed E-state index contributed by atoms with van der Waals surface area (Å²) in [5.74, 6) is -1.77. The molecule has 4 amide bonds. The number of allylic oxidation sites excluding steroid dienone is 5. The number of anilines is 1. The number of imide groups is 2. The number of likely N-dealkylation sites (N-methyl/N-ethyl adjacent to an activating group) is 2. The maximum atomic E-state index is 12.7. The summed E-state index contributed by atoms with van der Waals surface area (Å²) in [6.07, 6.45) is 6.71. The topological polar surface area (TPSA) is 118 Å². The molecule has 10 heteroatoms. The molecule has 0 saturated carbocycles. The van der Waals surface area contributed by atoms with E-state index >= 15 is 0 Å². The fourth-order valence-electron chi connectivity index (χ4n) is 5.17. The Morgan fingerprint density at radius 1 is 0.947 bits per heavy atom. The number of barbiturate groups is 1. The summed E-state index contributed by atoms with van der Waals surface area (Å²) >= 11 is 0. The number of nitrogens with zero attached hydrogens (tertiary/aromatic N) is 3. The van der Waals surface area contributed by atoms with Gasteiger partial charge in [0.2, 0.25) is 0 Å². The van der Waals surface area contributed by atoms with E-state index in [1.54, 1.807) is 19.1 Å². The summed E-state index contributed by atoms with van der Waals surface area (Å²) in [5, 5.41) is 2.16. The Bertz CT molecular complexity index is 1520. The third-order valence-corrected chi connectivity index (χ3v) is 7.79. The van der Waals surface area contributed by atoms with Crippen LogP contribution in [-0.4, -0.2) is 66.5 Å².